The number of allylic oxidation sites excluding steroid dienone is 2. The normalized spacial score (nSPS) is 18.4. The summed E-state index contributed by atoms with van der Waals surface area (Å²) in [5.74, 6) is 0.119. The van der Waals surface area contributed by atoms with Gasteiger partial charge in [-0.2, -0.15) is 0 Å². The van der Waals surface area contributed by atoms with Gasteiger partial charge in [-0.3, -0.25) is 9.79 Å². The fraction of sp³-hybridized carbons (Fsp3) is 0.238. The summed E-state index contributed by atoms with van der Waals surface area (Å²) in [7, 11) is 0. The van der Waals surface area contributed by atoms with Crippen LogP contribution in [0.25, 0.3) is 0 Å². The number of para-hydroxylation sites is 1. The Kier molecular flexibility index (Phi) is 4.61. The van der Waals surface area contributed by atoms with Gasteiger partial charge in [0.2, 0.25) is 0 Å². The van der Waals surface area contributed by atoms with E-state index >= 15 is 0 Å². The molecule has 2 aromatic carbocycles. The van der Waals surface area contributed by atoms with Gasteiger partial charge >= 0.3 is 0 Å². The van der Waals surface area contributed by atoms with E-state index in [1.165, 1.54) is 6.21 Å². The molecule has 3 heteroatoms. The predicted molar refractivity (Wildman–Crippen MR) is 97.1 cm³/mol. The molecule has 3 nitrogen and oxygen atoms in total. The van der Waals surface area contributed by atoms with E-state index in [1.807, 2.05) is 62.4 Å². The second-order valence-electron chi connectivity index (χ2n) is 6.30. The van der Waals surface area contributed by atoms with Gasteiger partial charge in [-0.05, 0) is 36.5 Å². The van der Waals surface area contributed by atoms with Crippen molar-refractivity contribution in [2.24, 2.45) is 4.99 Å². The summed E-state index contributed by atoms with van der Waals surface area (Å²) >= 11 is 0. The number of aryl methyl sites for hydroxylation is 2. The van der Waals surface area contributed by atoms with E-state index in [9.17, 15) is 9.90 Å². The van der Waals surface area contributed by atoms with Gasteiger partial charge in [-0.15, -0.1) is 0 Å². The van der Waals surface area contributed by atoms with E-state index in [1.54, 1.807) is 0 Å². The van der Waals surface area contributed by atoms with Crippen LogP contribution in [0.2, 0.25) is 0 Å². The highest BCUT2D eigenvalue weighted by atomic mass is 16.3. The molecule has 2 aromatic rings. The molecule has 122 valence electrons. The lowest BCUT2D eigenvalue weighted by molar-refractivity contribution is -0.116. The first-order valence-corrected chi connectivity index (χ1v) is 8.17. The minimum atomic E-state index is -0.0532. The van der Waals surface area contributed by atoms with Crippen LogP contribution < -0.4 is 0 Å². The third kappa shape index (κ3) is 3.30. The highest BCUT2D eigenvalue weighted by Gasteiger charge is 2.27. The molecule has 3 rings (SSSR count). The van der Waals surface area contributed by atoms with Crippen molar-refractivity contribution in [3.63, 3.8) is 0 Å². The van der Waals surface area contributed by atoms with Gasteiger partial charge in [-0.25, -0.2) is 0 Å². The minimum absolute atomic E-state index is 0.0380. The number of hydrogen-bond donors (Lipinski definition) is 1. The number of carbonyl (C=O) groups excluding carboxylic acids is 1. The van der Waals surface area contributed by atoms with E-state index < -0.39 is 0 Å². The second kappa shape index (κ2) is 6.83. The van der Waals surface area contributed by atoms with Crippen molar-refractivity contribution in [2.75, 3.05) is 0 Å². The number of benzene rings is 2. The van der Waals surface area contributed by atoms with Crippen LogP contribution >= 0.6 is 0 Å². The number of aliphatic hydroxyl groups is 1. The molecule has 0 spiro atoms. The molecule has 1 unspecified atom stereocenters. The van der Waals surface area contributed by atoms with Crippen molar-refractivity contribution < 1.29 is 9.90 Å². The van der Waals surface area contributed by atoms with E-state index in [2.05, 4.69) is 4.99 Å². The van der Waals surface area contributed by atoms with Crippen molar-refractivity contribution in [3.8, 4) is 0 Å². The Hall–Kier alpha value is -2.68. The zero-order chi connectivity index (χ0) is 17.1. The quantitative estimate of drug-likeness (QED) is 0.812. The van der Waals surface area contributed by atoms with Crippen LogP contribution in [-0.2, 0) is 4.79 Å². The first kappa shape index (κ1) is 16.2. The maximum Gasteiger partial charge on any atom is 0.168 e. The summed E-state index contributed by atoms with van der Waals surface area (Å²) in [6.45, 7) is 3.98. The van der Waals surface area contributed by atoms with E-state index in [0.717, 1.165) is 22.4 Å². The molecule has 1 N–H and O–H groups in total. The zero-order valence-corrected chi connectivity index (χ0v) is 14.0. The van der Waals surface area contributed by atoms with Crippen LogP contribution in [0.4, 0.5) is 5.69 Å². The molecule has 1 aliphatic rings. The average molecular weight is 319 g/mol. The summed E-state index contributed by atoms with van der Waals surface area (Å²) in [4.78, 5) is 16.9. The Morgan fingerprint density at radius 3 is 2.29 bits per heavy atom. The lowest BCUT2D eigenvalue weighted by Crippen LogP contribution is -2.19. The lowest BCUT2D eigenvalue weighted by Gasteiger charge is -2.22. The van der Waals surface area contributed by atoms with Crippen molar-refractivity contribution in [1.82, 2.24) is 0 Å². The molecule has 1 aliphatic carbocycles. The maximum absolute atomic E-state index is 12.5. The first-order valence-electron chi connectivity index (χ1n) is 8.17. The molecule has 0 aromatic heterocycles. The highest BCUT2D eigenvalue weighted by molar-refractivity contribution is 6.15. The lowest BCUT2D eigenvalue weighted by atomic mass is 9.83. The van der Waals surface area contributed by atoms with Gasteiger partial charge in [0, 0.05) is 19.1 Å². The topological polar surface area (TPSA) is 49.7 Å². The van der Waals surface area contributed by atoms with Crippen molar-refractivity contribution in [2.45, 2.75) is 32.6 Å². The Morgan fingerprint density at radius 1 is 1.00 bits per heavy atom. The molecule has 0 aliphatic heterocycles. The number of rotatable bonds is 3. The Balaban J connectivity index is 1.86. The van der Waals surface area contributed by atoms with Crippen LogP contribution in [0.3, 0.4) is 0 Å². The van der Waals surface area contributed by atoms with E-state index in [4.69, 9.17) is 0 Å². The van der Waals surface area contributed by atoms with Gasteiger partial charge in [0.1, 0.15) is 5.76 Å². The molecule has 0 amide bonds. The average Bonchev–Trinajstić information content (AvgIpc) is 2.57. The Bertz CT molecular complexity index is 799. The number of ketones is 1. The fourth-order valence-corrected chi connectivity index (χ4v) is 3.16. The van der Waals surface area contributed by atoms with Crippen molar-refractivity contribution in [1.29, 1.82) is 0 Å². The highest BCUT2D eigenvalue weighted by Crippen LogP contribution is 2.33. The van der Waals surface area contributed by atoms with Gasteiger partial charge in [0.15, 0.2) is 5.78 Å². The maximum atomic E-state index is 12.5. The van der Waals surface area contributed by atoms with Gasteiger partial charge < -0.3 is 5.11 Å². The van der Waals surface area contributed by atoms with E-state index in [0.29, 0.717) is 18.4 Å². The molecular formula is C21H21NO2. The smallest absolute Gasteiger partial charge is 0.168 e. The number of aliphatic imine (C=N–C) groups is 1. The molecule has 0 saturated carbocycles. The molecule has 24 heavy (non-hydrogen) atoms. The Labute approximate surface area is 142 Å². The number of Topliss-reactive ketones (excluding diaryl/α,β-unsaturated/α-hetero) is 1. The number of aliphatic hydroxyl groups excluding tert-OH is 1. The zero-order valence-electron chi connectivity index (χ0n) is 14.0. The third-order valence-corrected chi connectivity index (χ3v) is 4.52. The molecule has 0 bridgehead atoms. The van der Waals surface area contributed by atoms with Gasteiger partial charge in [-0.1, -0.05) is 48.5 Å². The molecule has 1 atom stereocenters. The third-order valence-electron chi connectivity index (χ3n) is 4.52. The first-order chi connectivity index (χ1) is 11.6. The molecule has 0 fully saturated rings. The summed E-state index contributed by atoms with van der Waals surface area (Å²) in [5.41, 5.74) is 4.39. The predicted octanol–water partition coefficient (Wildman–Crippen LogP) is 4.96. The largest absolute Gasteiger partial charge is 0.511 e. The summed E-state index contributed by atoms with van der Waals surface area (Å²) in [6.07, 6.45) is 2.40. The number of hydrogen-bond acceptors (Lipinski definition) is 3. The monoisotopic (exact) mass is 319 g/mol. The molecule has 0 heterocycles. The summed E-state index contributed by atoms with van der Waals surface area (Å²) in [6, 6.07) is 15.8. The second-order valence-corrected chi connectivity index (χ2v) is 6.30. The summed E-state index contributed by atoms with van der Waals surface area (Å²) in [5, 5.41) is 10.4. The summed E-state index contributed by atoms with van der Waals surface area (Å²) < 4.78 is 0. The Morgan fingerprint density at radius 2 is 1.67 bits per heavy atom. The number of nitrogens with zero attached hydrogens (tertiary/aromatic N) is 1. The molecular weight excluding hydrogens is 298 g/mol. The van der Waals surface area contributed by atoms with Crippen LogP contribution in [-0.4, -0.2) is 17.1 Å². The standard InChI is InChI=1S/C21H21NO2/c1-14-7-6-8-15(2)21(14)22-13-18-19(23)11-17(12-20(18)24)16-9-4-3-5-10-16/h3-10,13,17,23H,11-12H2,1-2H3. The molecule has 0 saturated heterocycles. The molecule has 0 radical (unpaired) electrons. The SMILES string of the molecule is Cc1cccc(C)c1N=CC1=C(O)CC(c2ccccc2)CC1=O. The number of carbonyl (C=O) groups is 1. The van der Waals surface area contributed by atoms with Crippen LogP contribution in [0.15, 0.2) is 64.9 Å². The van der Waals surface area contributed by atoms with E-state index in [-0.39, 0.29) is 17.5 Å². The van der Waals surface area contributed by atoms with Crippen LogP contribution in [0.1, 0.15) is 35.4 Å². The minimum Gasteiger partial charge on any atom is -0.511 e. The van der Waals surface area contributed by atoms with Crippen LogP contribution in [0.5, 0.6) is 0 Å². The van der Waals surface area contributed by atoms with Crippen LogP contribution in [0, 0.1) is 13.8 Å². The fourth-order valence-electron chi connectivity index (χ4n) is 3.16. The van der Waals surface area contributed by atoms with Crippen molar-refractivity contribution in [3.05, 3.63) is 76.6 Å². The van der Waals surface area contributed by atoms with Gasteiger partial charge in [0.05, 0.1) is 11.3 Å². The van der Waals surface area contributed by atoms with Gasteiger partial charge in [0.25, 0.3) is 0 Å². The van der Waals surface area contributed by atoms with Crippen molar-refractivity contribution >= 4 is 17.7 Å².